The summed E-state index contributed by atoms with van der Waals surface area (Å²) in [7, 11) is 0. The lowest BCUT2D eigenvalue weighted by Gasteiger charge is -2.17. The molecule has 0 spiro atoms. The summed E-state index contributed by atoms with van der Waals surface area (Å²) < 4.78 is 0. The van der Waals surface area contributed by atoms with Crippen molar-refractivity contribution in [3.63, 3.8) is 0 Å². The Bertz CT molecular complexity index is 345. The van der Waals surface area contributed by atoms with Crippen LogP contribution in [0.1, 0.15) is 18.4 Å². The van der Waals surface area contributed by atoms with Gasteiger partial charge in [-0.25, -0.2) is 0 Å². The fraction of sp³-hybridized carbons (Fsp3) is 0.417. The third-order valence-electron chi connectivity index (χ3n) is 2.81. The second-order valence-electron chi connectivity index (χ2n) is 3.91. The Kier molecular flexibility index (Phi) is 3.27. The largest absolute Gasteiger partial charge is 0.360 e. The summed E-state index contributed by atoms with van der Waals surface area (Å²) in [6.07, 6.45) is 3.08. The standard InChI is InChI=1S/C12H15ClN2/c13-11-5-3-10(4-6-11)7-9-15-8-1-2-12(15)14/h3-6,14H,1-2,7-9H2. The number of halogens is 1. The van der Waals surface area contributed by atoms with Crippen LogP contribution in [0.15, 0.2) is 24.3 Å². The molecule has 0 saturated carbocycles. The van der Waals surface area contributed by atoms with Crippen LogP contribution in [0.4, 0.5) is 0 Å². The molecule has 1 fully saturated rings. The quantitative estimate of drug-likeness (QED) is 0.837. The van der Waals surface area contributed by atoms with Crippen molar-refractivity contribution in [1.82, 2.24) is 4.90 Å². The van der Waals surface area contributed by atoms with E-state index in [0.29, 0.717) is 0 Å². The zero-order valence-corrected chi connectivity index (χ0v) is 9.43. The molecule has 80 valence electrons. The van der Waals surface area contributed by atoms with Crippen LogP contribution < -0.4 is 0 Å². The number of amidine groups is 1. The van der Waals surface area contributed by atoms with Gasteiger partial charge >= 0.3 is 0 Å². The van der Waals surface area contributed by atoms with Crippen LogP contribution in [0.2, 0.25) is 5.02 Å². The molecule has 0 aromatic heterocycles. The maximum atomic E-state index is 7.71. The van der Waals surface area contributed by atoms with Crippen LogP contribution in [0, 0.1) is 5.41 Å². The summed E-state index contributed by atoms with van der Waals surface area (Å²) in [5, 5.41) is 8.50. The van der Waals surface area contributed by atoms with Crippen molar-refractivity contribution in [3.05, 3.63) is 34.9 Å². The van der Waals surface area contributed by atoms with Gasteiger partial charge in [0.05, 0.1) is 5.84 Å². The minimum absolute atomic E-state index is 0.785. The topological polar surface area (TPSA) is 27.1 Å². The summed E-state index contributed by atoms with van der Waals surface area (Å²) in [6.45, 7) is 2.01. The fourth-order valence-electron chi connectivity index (χ4n) is 1.89. The minimum Gasteiger partial charge on any atom is -0.360 e. The van der Waals surface area contributed by atoms with E-state index in [2.05, 4.69) is 17.0 Å². The van der Waals surface area contributed by atoms with Gasteiger partial charge < -0.3 is 4.90 Å². The van der Waals surface area contributed by atoms with Gasteiger partial charge in [0.15, 0.2) is 0 Å². The van der Waals surface area contributed by atoms with E-state index >= 15 is 0 Å². The summed E-state index contributed by atoms with van der Waals surface area (Å²) >= 11 is 5.82. The number of hydrogen-bond acceptors (Lipinski definition) is 1. The van der Waals surface area contributed by atoms with E-state index in [1.54, 1.807) is 0 Å². The summed E-state index contributed by atoms with van der Waals surface area (Å²) in [6, 6.07) is 7.96. The van der Waals surface area contributed by atoms with Crippen molar-refractivity contribution in [1.29, 1.82) is 5.41 Å². The molecule has 2 rings (SSSR count). The molecule has 1 saturated heterocycles. The second kappa shape index (κ2) is 4.67. The zero-order valence-electron chi connectivity index (χ0n) is 8.67. The van der Waals surface area contributed by atoms with Gasteiger partial charge in [-0.3, -0.25) is 5.41 Å². The molecule has 2 nitrogen and oxygen atoms in total. The van der Waals surface area contributed by atoms with Gasteiger partial charge in [0.25, 0.3) is 0 Å². The van der Waals surface area contributed by atoms with Crippen molar-refractivity contribution in [3.8, 4) is 0 Å². The molecule has 1 N–H and O–H groups in total. The third kappa shape index (κ3) is 2.72. The molecular formula is C12H15ClN2. The molecule has 3 heteroatoms. The molecule has 0 radical (unpaired) electrons. The van der Waals surface area contributed by atoms with Crippen LogP contribution in [0.5, 0.6) is 0 Å². The molecule has 1 aromatic rings. The fourth-order valence-corrected chi connectivity index (χ4v) is 2.02. The highest BCUT2D eigenvalue weighted by atomic mass is 35.5. The highest BCUT2D eigenvalue weighted by Gasteiger charge is 2.15. The highest BCUT2D eigenvalue weighted by molar-refractivity contribution is 6.30. The Hall–Kier alpha value is -1.02. The molecule has 1 aliphatic rings. The van der Waals surface area contributed by atoms with E-state index in [0.717, 1.165) is 43.2 Å². The van der Waals surface area contributed by atoms with Crippen molar-refractivity contribution in [2.45, 2.75) is 19.3 Å². The minimum atomic E-state index is 0.785. The molecule has 15 heavy (non-hydrogen) atoms. The monoisotopic (exact) mass is 222 g/mol. The predicted molar refractivity (Wildman–Crippen MR) is 63.7 cm³/mol. The lowest BCUT2D eigenvalue weighted by Crippen LogP contribution is -2.26. The first-order valence-corrected chi connectivity index (χ1v) is 5.70. The first kappa shape index (κ1) is 10.5. The average molecular weight is 223 g/mol. The highest BCUT2D eigenvalue weighted by Crippen LogP contribution is 2.13. The Morgan fingerprint density at radius 1 is 1.27 bits per heavy atom. The van der Waals surface area contributed by atoms with Gasteiger partial charge in [0.1, 0.15) is 0 Å². The number of nitrogens with zero attached hydrogens (tertiary/aromatic N) is 1. The molecule has 0 atom stereocenters. The van der Waals surface area contributed by atoms with Crippen molar-refractivity contribution in [2.75, 3.05) is 13.1 Å². The van der Waals surface area contributed by atoms with Gasteiger partial charge in [-0.1, -0.05) is 23.7 Å². The molecule has 1 aromatic carbocycles. The Labute approximate surface area is 95.4 Å². The number of likely N-dealkylation sites (tertiary alicyclic amines) is 1. The summed E-state index contributed by atoms with van der Waals surface area (Å²) in [4.78, 5) is 2.16. The lowest BCUT2D eigenvalue weighted by molar-refractivity contribution is 0.455. The predicted octanol–water partition coefficient (Wildman–Crippen LogP) is 2.96. The Balaban J connectivity index is 1.87. The van der Waals surface area contributed by atoms with Crippen molar-refractivity contribution >= 4 is 17.4 Å². The lowest BCUT2D eigenvalue weighted by atomic mass is 10.1. The molecule has 1 heterocycles. The van der Waals surface area contributed by atoms with Crippen LogP contribution in [0.25, 0.3) is 0 Å². The van der Waals surface area contributed by atoms with Gasteiger partial charge in [-0.15, -0.1) is 0 Å². The second-order valence-corrected chi connectivity index (χ2v) is 4.35. The smallest absolute Gasteiger partial charge is 0.0958 e. The summed E-state index contributed by atoms with van der Waals surface area (Å²) in [5.41, 5.74) is 1.29. The van der Waals surface area contributed by atoms with Crippen molar-refractivity contribution in [2.24, 2.45) is 0 Å². The normalized spacial score (nSPS) is 16.1. The maximum absolute atomic E-state index is 7.71. The van der Waals surface area contributed by atoms with E-state index in [9.17, 15) is 0 Å². The van der Waals surface area contributed by atoms with E-state index in [4.69, 9.17) is 17.0 Å². The molecule has 1 aliphatic heterocycles. The summed E-state index contributed by atoms with van der Waals surface area (Å²) in [5.74, 6) is 0.795. The molecule has 0 bridgehead atoms. The SMILES string of the molecule is N=C1CCCN1CCc1ccc(Cl)cc1. The van der Waals surface area contributed by atoms with E-state index in [1.807, 2.05) is 12.1 Å². The number of benzene rings is 1. The molecule has 0 unspecified atom stereocenters. The van der Waals surface area contributed by atoms with E-state index < -0.39 is 0 Å². The molecular weight excluding hydrogens is 208 g/mol. The van der Waals surface area contributed by atoms with Gasteiger partial charge in [0, 0.05) is 24.5 Å². The number of nitrogens with one attached hydrogen (secondary N) is 1. The van der Waals surface area contributed by atoms with Crippen LogP contribution in [0.3, 0.4) is 0 Å². The zero-order chi connectivity index (χ0) is 10.7. The Morgan fingerprint density at radius 2 is 2.00 bits per heavy atom. The first-order chi connectivity index (χ1) is 7.25. The molecule has 0 aliphatic carbocycles. The average Bonchev–Trinajstić information content (AvgIpc) is 2.63. The van der Waals surface area contributed by atoms with Crippen LogP contribution in [-0.2, 0) is 6.42 Å². The van der Waals surface area contributed by atoms with Gasteiger partial charge in [-0.05, 0) is 30.5 Å². The van der Waals surface area contributed by atoms with Gasteiger partial charge in [0.2, 0.25) is 0 Å². The van der Waals surface area contributed by atoms with Crippen molar-refractivity contribution < 1.29 is 0 Å². The van der Waals surface area contributed by atoms with E-state index in [-0.39, 0.29) is 0 Å². The molecule has 0 amide bonds. The Morgan fingerprint density at radius 3 is 2.60 bits per heavy atom. The first-order valence-electron chi connectivity index (χ1n) is 5.32. The van der Waals surface area contributed by atoms with E-state index in [1.165, 1.54) is 5.56 Å². The number of rotatable bonds is 3. The number of hydrogen-bond donors (Lipinski definition) is 1. The maximum Gasteiger partial charge on any atom is 0.0958 e. The van der Waals surface area contributed by atoms with Crippen LogP contribution in [-0.4, -0.2) is 23.8 Å². The van der Waals surface area contributed by atoms with Crippen LogP contribution >= 0.6 is 11.6 Å². The third-order valence-corrected chi connectivity index (χ3v) is 3.06. The van der Waals surface area contributed by atoms with Gasteiger partial charge in [-0.2, -0.15) is 0 Å².